The number of nitrogens with zero attached hydrogens (tertiary/aromatic N) is 2. The van der Waals surface area contributed by atoms with Crippen molar-refractivity contribution in [3.63, 3.8) is 0 Å². The van der Waals surface area contributed by atoms with Gasteiger partial charge in [-0.2, -0.15) is 0 Å². The van der Waals surface area contributed by atoms with E-state index in [-0.39, 0.29) is 36.1 Å². The summed E-state index contributed by atoms with van der Waals surface area (Å²) < 4.78 is 15.9. The topological polar surface area (TPSA) is 90.5 Å². The van der Waals surface area contributed by atoms with Crippen molar-refractivity contribution in [3.8, 4) is 0 Å². The van der Waals surface area contributed by atoms with Crippen LogP contribution in [0.5, 0.6) is 0 Å². The fraction of sp³-hybridized carbons (Fsp3) is 0.167. The molecule has 7 heteroatoms. The number of ether oxygens (including phenoxy) is 2. The van der Waals surface area contributed by atoms with Crippen molar-refractivity contribution in [2.24, 2.45) is 9.98 Å². The molecule has 0 atom stereocenters. The molecule has 7 nitrogen and oxygen atoms in total. The quantitative estimate of drug-likeness (QED) is 0.373. The van der Waals surface area contributed by atoms with Crippen molar-refractivity contribution in [3.05, 3.63) is 83.1 Å². The first-order valence-electron chi connectivity index (χ1n) is 9.83. The zero-order valence-electron chi connectivity index (χ0n) is 17.3. The minimum absolute atomic E-state index is 0.0148. The summed E-state index contributed by atoms with van der Waals surface area (Å²) in [4.78, 5) is 33.9. The maximum Gasteiger partial charge on any atom is 0.376 e. The molecule has 158 valence electrons. The van der Waals surface area contributed by atoms with Gasteiger partial charge in [-0.3, -0.25) is 4.99 Å². The maximum atomic E-state index is 12.7. The van der Waals surface area contributed by atoms with Gasteiger partial charge in [0.1, 0.15) is 5.69 Å². The van der Waals surface area contributed by atoms with E-state index in [4.69, 9.17) is 13.9 Å². The summed E-state index contributed by atoms with van der Waals surface area (Å²) in [5.41, 5.74) is 1.55. The van der Waals surface area contributed by atoms with E-state index in [1.165, 1.54) is 12.4 Å². The first-order chi connectivity index (χ1) is 15.1. The summed E-state index contributed by atoms with van der Waals surface area (Å²) in [6, 6.07) is 18.5. The molecule has 0 saturated carbocycles. The lowest BCUT2D eigenvalue weighted by Crippen LogP contribution is -2.06. The minimum Gasteiger partial charge on any atom is -0.462 e. The summed E-state index contributed by atoms with van der Waals surface area (Å²) in [7, 11) is 0. The number of hydrogen-bond donors (Lipinski definition) is 0. The van der Waals surface area contributed by atoms with Crippen LogP contribution < -0.4 is 0 Å². The van der Waals surface area contributed by atoms with Crippen molar-refractivity contribution in [2.45, 2.75) is 13.8 Å². The van der Waals surface area contributed by atoms with E-state index >= 15 is 0 Å². The lowest BCUT2D eigenvalue weighted by atomic mass is 10.2. The third kappa shape index (κ3) is 5.54. The number of benzene rings is 2. The Bertz CT molecular complexity index is 1090. The third-order valence-corrected chi connectivity index (χ3v) is 4.08. The highest BCUT2D eigenvalue weighted by Crippen LogP contribution is 2.37. The Morgan fingerprint density at radius 3 is 1.87 bits per heavy atom. The molecular weight excluding hydrogens is 396 g/mol. The van der Waals surface area contributed by atoms with Crippen LogP contribution in [0.1, 0.15) is 45.9 Å². The number of furan rings is 1. The first-order valence-corrected chi connectivity index (χ1v) is 9.83. The average molecular weight is 418 g/mol. The zero-order chi connectivity index (χ0) is 22.1. The fourth-order valence-electron chi connectivity index (χ4n) is 2.70. The highest BCUT2D eigenvalue weighted by Gasteiger charge is 2.31. The number of esters is 2. The average Bonchev–Trinajstić information content (AvgIpc) is 3.16. The molecule has 0 N–H and O–H groups in total. The molecule has 0 fully saturated rings. The Kier molecular flexibility index (Phi) is 7.48. The molecule has 1 heterocycles. The SMILES string of the molecule is CCOC(=O)c1oc(/N=C/c2ccccc2)c(C(=O)OCC)c1N=Cc1ccccc1. The van der Waals surface area contributed by atoms with E-state index in [0.717, 1.165) is 11.1 Å². The maximum absolute atomic E-state index is 12.7. The standard InChI is InChI=1S/C24H22N2O5/c1-3-29-23(27)19-20(25-15-17-11-7-5-8-12-17)21(24(28)30-4-2)31-22(19)26-16-18-13-9-6-10-14-18/h5-16H,3-4H2,1-2H3/b25-15?,26-16+. The van der Waals surface area contributed by atoms with Crippen LogP contribution in [0.4, 0.5) is 11.6 Å². The molecule has 31 heavy (non-hydrogen) atoms. The highest BCUT2D eigenvalue weighted by atomic mass is 16.5. The smallest absolute Gasteiger partial charge is 0.376 e. The lowest BCUT2D eigenvalue weighted by Gasteiger charge is -2.02. The Morgan fingerprint density at radius 2 is 1.32 bits per heavy atom. The Hall–Kier alpha value is -4.00. The largest absolute Gasteiger partial charge is 0.462 e. The van der Waals surface area contributed by atoms with Crippen LogP contribution in [0.15, 0.2) is 75.1 Å². The van der Waals surface area contributed by atoms with E-state index in [1.807, 2.05) is 60.7 Å². The number of carbonyl (C=O) groups excluding carboxylic acids is 2. The third-order valence-electron chi connectivity index (χ3n) is 4.08. The predicted molar refractivity (Wildman–Crippen MR) is 118 cm³/mol. The van der Waals surface area contributed by atoms with Gasteiger partial charge in [0.25, 0.3) is 0 Å². The molecule has 0 aliphatic heterocycles. The molecule has 0 spiro atoms. The fourth-order valence-corrected chi connectivity index (χ4v) is 2.70. The molecule has 0 amide bonds. The van der Waals surface area contributed by atoms with Crippen LogP contribution in [0.2, 0.25) is 0 Å². The molecule has 0 bridgehead atoms. The van der Waals surface area contributed by atoms with Crippen molar-refractivity contribution < 1.29 is 23.5 Å². The summed E-state index contributed by atoms with van der Waals surface area (Å²) >= 11 is 0. The van der Waals surface area contributed by atoms with Gasteiger partial charge < -0.3 is 13.9 Å². The van der Waals surface area contributed by atoms with Gasteiger partial charge in [0.15, 0.2) is 5.56 Å². The number of hydrogen-bond acceptors (Lipinski definition) is 7. The van der Waals surface area contributed by atoms with E-state index in [9.17, 15) is 9.59 Å². The molecule has 0 saturated heterocycles. The van der Waals surface area contributed by atoms with Gasteiger partial charge in [-0.1, -0.05) is 60.7 Å². The summed E-state index contributed by atoms with van der Waals surface area (Å²) in [5, 5.41) is 0. The second-order valence-electron chi connectivity index (χ2n) is 6.24. The summed E-state index contributed by atoms with van der Waals surface area (Å²) in [6.07, 6.45) is 3.06. The Balaban J connectivity index is 2.12. The van der Waals surface area contributed by atoms with E-state index < -0.39 is 11.9 Å². The first kappa shape index (κ1) is 21.7. The van der Waals surface area contributed by atoms with E-state index in [1.54, 1.807) is 13.8 Å². The van der Waals surface area contributed by atoms with Crippen LogP contribution >= 0.6 is 0 Å². The van der Waals surface area contributed by atoms with Crippen LogP contribution in [0.25, 0.3) is 0 Å². The van der Waals surface area contributed by atoms with Crippen molar-refractivity contribution in [1.82, 2.24) is 0 Å². The minimum atomic E-state index is -0.741. The molecule has 0 unspecified atom stereocenters. The zero-order valence-corrected chi connectivity index (χ0v) is 17.3. The second kappa shape index (κ2) is 10.7. The van der Waals surface area contributed by atoms with Crippen LogP contribution in [-0.2, 0) is 9.47 Å². The highest BCUT2D eigenvalue weighted by molar-refractivity contribution is 6.07. The number of carbonyl (C=O) groups is 2. The molecule has 2 aromatic carbocycles. The van der Waals surface area contributed by atoms with Crippen LogP contribution in [-0.4, -0.2) is 37.6 Å². The Labute approximate surface area is 180 Å². The van der Waals surface area contributed by atoms with Crippen molar-refractivity contribution >= 4 is 35.9 Å². The van der Waals surface area contributed by atoms with Gasteiger partial charge >= 0.3 is 11.9 Å². The molecule has 3 aromatic rings. The van der Waals surface area contributed by atoms with Gasteiger partial charge in [-0.25, -0.2) is 14.6 Å². The van der Waals surface area contributed by atoms with Gasteiger partial charge in [0.05, 0.1) is 13.2 Å². The monoisotopic (exact) mass is 418 g/mol. The van der Waals surface area contributed by atoms with Crippen molar-refractivity contribution in [1.29, 1.82) is 0 Å². The molecule has 0 aliphatic rings. The van der Waals surface area contributed by atoms with E-state index in [0.29, 0.717) is 0 Å². The molecular formula is C24H22N2O5. The van der Waals surface area contributed by atoms with E-state index in [2.05, 4.69) is 9.98 Å². The van der Waals surface area contributed by atoms with Gasteiger partial charge in [-0.15, -0.1) is 0 Å². The van der Waals surface area contributed by atoms with Gasteiger partial charge in [0.2, 0.25) is 11.6 Å². The van der Waals surface area contributed by atoms with Gasteiger partial charge in [0, 0.05) is 12.4 Å². The normalized spacial score (nSPS) is 11.2. The molecule has 0 radical (unpaired) electrons. The summed E-state index contributed by atoms with van der Waals surface area (Å²) in [5.74, 6) is -1.72. The van der Waals surface area contributed by atoms with Crippen LogP contribution in [0, 0.1) is 0 Å². The van der Waals surface area contributed by atoms with Crippen molar-refractivity contribution in [2.75, 3.05) is 13.2 Å². The Morgan fingerprint density at radius 1 is 0.806 bits per heavy atom. The lowest BCUT2D eigenvalue weighted by molar-refractivity contribution is 0.0490. The summed E-state index contributed by atoms with van der Waals surface area (Å²) in [6.45, 7) is 3.64. The molecule has 1 aromatic heterocycles. The van der Waals surface area contributed by atoms with Gasteiger partial charge in [-0.05, 0) is 25.0 Å². The second-order valence-corrected chi connectivity index (χ2v) is 6.24. The number of aliphatic imine (C=N–C) groups is 2. The van der Waals surface area contributed by atoms with Crippen LogP contribution in [0.3, 0.4) is 0 Å². The molecule has 0 aliphatic carbocycles. The molecule has 3 rings (SSSR count). The number of rotatable bonds is 8. The predicted octanol–water partition coefficient (Wildman–Crippen LogP) is 5.13.